The van der Waals surface area contributed by atoms with E-state index in [4.69, 9.17) is 9.68 Å². The van der Waals surface area contributed by atoms with E-state index >= 15 is 0 Å². The van der Waals surface area contributed by atoms with Crippen molar-refractivity contribution < 1.29 is 13.6 Å². The fourth-order valence-electron chi connectivity index (χ4n) is 1.55. The maximum Gasteiger partial charge on any atom is 0.267 e. The van der Waals surface area contributed by atoms with Gasteiger partial charge in [-0.1, -0.05) is 0 Å². The van der Waals surface area contributed by atoms with Crippen molar-refractivity contribution in [2.24, 2.45) is 0 Å². The lowest BCUT2D eigenvalue weighted by molar-refractivity contribution is -0.112. The Morgan fingerprint density at radius 2 is 2.10 bits per heavy atom. The van der Waals surface area contributed by atoms with E-state index in [0.29, 0.717) is 18.0 Å². The summed E-state index contributed by atoms with van der Waals surface area (Å²) < 4.78 is 17.9. The van der Waals surface area contributed by atoms with Gasteiger partial charge in [0.25, 0.3) is 5.91 Å². The van der Waals surface area contributed by atoms with E-state index in [-0.39, 0.29) is 5.57 Å². The maximum absolute atomic E-state index is 12.8. The first-order chi connectivity index (χ1) is 10.2. The third-order valence-corrected chi connectivity index (χ3v) is 2.57. The second kappa shape index (κ2) is 6.91. The molecule has 0 aliphatic rings. The number of nitrogens with one attached hydrogen (secondary N) is 2. The molecule has 0 fully saturated rings. The molecule has 0 radical (unpaired) electrons. The van der Waals surface area contributed by atoms with Gasteiger partial charge in [-0.3, -0.25) is 4.79 Å². The van der Waals surface area contributed by atoms with Crippen molar-refractivity contribution in [1.29, 1.82) is 5.26 Å². The van der Waals surface area contributed by atoms with Gasteiger partial charge >= 0.3 is 0 Å². The summed E-state index contributed by atoms with van der Waals surface area (Å²) in [6.45, 7) is 0.363. The predicted octanol–water partition coefficient (Wildman–Crippen LogP) is 2.55. The lowest BCUT2D eigenvalue weighted by Crippen LogP contribution is -2.16. The third kappa shape index (κ3) is 4.21. The van der Waals surface area contributed by atoms with Gasteiger partial charge in [0, 0.05) is 11.9 Å². The van der Waals surface area contributed by atoms with Crippen molar-refractivity contribution in [3.63, 3.8) is 0 Å². The van der Waals surface area contributed by atoms with E-state index in [1.165, 1.54) is 36.7 Å². The highest BCUT2D eigenvalue weighted by atomic mass is 19.1. The van der Waals surface area contributed by atoms with Gasteiger partial charge in [-0.25, -0.2) is 4.39 Å². The van der Waals surface area contributed by atoms with Crippen LogP contribution in [0.15, 0.2) is 58.9 Å². The van der Waals surface area contributed by atoms with Crippen LogP contribution in [0.5, 0.6) is 0 Å². The molecule has 2 rings (SSSR count). The molecule has 0 bridgehead atoms. The number of benzene rings is 1. The van der Waals surface area contributed by atoms with Crippen LogP contribution in [-0.2, 0) is 11.3 Å². The van der Waals surface area contributed by atoms with Gasteiger partial charge in [0.1, 0.15) is 23.2 Å². The van der Waals surface area contributed by atoms with Gasteiger partial charge in [0.15, 0.2) is 0 Å². The molecule has 21 heavy (non-hydrogen) atoms. The van der Waals surface area contributed by atoms with Crippen LogP contribution in [-0.4, -0.2) is 5.91 Å². The summed E-state index contributed by atoms with van der Waals surface area (Å²) in [5.74, 6) is -0.289. The number of hydrogen-bond donors (Lipinski definition) is 2. The van der Waals surface area contributed by atoms with Crippen molar-refractivity contribution in [1.82, 2.24) is 5.32 Å². The summed E-state index contributed by atoms with van der Waals surface area (Å²) in [5.41, 5.74) is 0.319. The largest absolute Gasteiger partial charge is 0.467 e. The van der Waals surface area contributed by atoms with Crippen molar-refractivity contribution in [3.8, 4) is 6.07 Å². The molecular weight excluding hydrogens is 273 g/mol. The zero-order chi connectivity index (χ0) is 15.1. The van der Waals surface area contributed by atoms with Crippen LogP contribution in [0.4, 0.5) is 10.1 Å². The topological polar surface area (TPSA) is 78.1 Å². The highest BCUT2D eigenvalue weighted by molar-refractivity contribution is 6.06. The second-order valence-corrected chi connectivity index (χ2v) is 4.09. The second-order valence-electron chi connectivity index (χ2n) is 4.09. The zero-order valence-corrected chi connectivity index (χ0v) is 11.0. The van der Waals surface area contributed by atoms with Crippen LogP contribution in [0.25, 0.3) is 0 Å². The number of anilines is 1. The molecule has 0 saturated carbocycles. The zero-order valence-electron chi connectivity index (χ0n) is 11.0. The monoisotopic (exact) mass is 285 g/mol. The maximum atomic E-state index is 12.8. The average molecular weight is 285 g/mol. The predicted molar refractivity (Wildman–Crippen MR) is 74.3 cm³/mol. The number of hydrogen-bond acceptors (Lipinski definition) is 4. The summed E-state index contributed by atoms with van der Waals surface area (Å²) in [6, 6.07) is 10.6. The number of furan rings is 1. The highest BCUT2D eigenvalue weighted by Crippen LogP contribution is 2.09. The average Bonchev–Trinajstić information content (AvgIpc) is 2.99. The van der Waals surface area contributed by atoms with E-state index in [1.54, 1.807) is 18.2 Å². The first kappa shape index (κ1) is 14.3. The van der Waals surface area contributed by atoms with E-state index in [1.807, 2.05) is 0 Å². The number of carbonyl (C=O) groups excluding carboxylic acids is 1. The summed E-state index contributed by atoms with van der Waals surface area (Å²) in [7, 11) is 0. The Kier molecular flexibility index (Phi) is 4.72. The SMILES string of the molecule is N#C/C(=C/NCc1ccco1)C(=O)Nc1ccc(F)cc1. The summed E-state index contributed by atoms with van der Waals surface area (Å²) >= 11 is 0. The Bertz CT molecular complexity index is 670. The van der Waals surface area contributed by atoms with Gasteiger partial charge in [0.05, 0.1) is 12.8 Å². The van der Waals surface area contributed by atoms with E-state index in [2.05, 4.69) is 10.6 Å². The summed E-state index contributed by atoms with van der Waals surface area (Å²) in [6.07, 6.45) is 2.84. The molecule has 0 saturated heterocycles. The first-order valence-electron chi connectivity index (χ1n) is 6.12. The molecule has 106 valence electrons. The number of halogens is 1. The molecule has 0 atom stereocenters. The first-order valence-corrected chi connectivity index (χ1v) is 6.12. The fourth-order valence-corrected chi connectivity index (χ4v) is 1.55. The number of rotatable bonds is 5. The van der Waals surface area contributed by atoms with Gasteiger partial charge in [-0.05, 0) is 36.4 Å². The molecule has 1 aromatic heterocycles. The molecule has 0 unspecified atom stereocenters. The van der Waals surface area contributed by atoms with Gasteiger partial charge in [0.2, 0.25) is 0 Å². The molecule has 2 aromatic rings. The van der Waals surface area contributed by atoms with Gasteiger partial charge in [-0.2, -0.15) is 5.26 Å². The molecule has 0 aliphatic carbocycles. The number of carbonyl (C=O) groups is 1. The van der Waals surface area contributed by atoms with E-state index in [9.17, 15) is 9.18 Å². The number of amides is 1. The molecule has 1 amide bonds. The van der Waals surface area contributed by atoms with Crippen LogP contribution >= 0.6 is 0 Å². The normalized spacial score (nSPS) is 10.8. The van der Waals surface area contributed by atoms with Crippen molar-refractivity contribution in [3.05, 3.63) is 66.0 Å². The molecule has 5 nitrogen and oxygen atoms in total. The fraction of sp³-hybridized carbons (Fsp3) is 0.0667. The van der Waals surface area contributed by atoms with Crippen LogP contribution in [0.3, 0.4) is 0 Å². The van der Waals surface area contributed by atoms with E-state index < -0.39 is 11.7 Å². The number of nitriles is 1. The molecule has 6 heteroatoms. The lowest BCUT2D eigenvalue weighted by Gasteiger charge is -2.04. The van der Waals surface area contributed by atoms with Gasteiger partial charge in [-0.15, -0.1) is 0 Å². The number of nitrogens with zero attached hydrogens (tertiary/aromatic N) is 1. The Hall–Kier alpha value is -3.07. The summed E-state index contributed by atoms with van der Waals surface area (Å²) in [4.78, 5) is 11.9. The van der Waals surface area contributed by atoms with Gasteiger partial charge < -0.3 is 15.1 Å². The van der Waals surface area contributed by atoms with Crippen LogP contribution in [0, 0.1) is 17.1 Å². The minimum absolute atomic E-state index is 0.0918. The highest BCUT2D eigenvalue weighted by Gasteiger charge is 2.09. The Balaban J connectivity index is 1.94. The van der Waals surface area contributed by atoms with Crippen molar-refractivity contribution in [2.75, 3.05) is 5.32 Å². The van der Waals surface area contributed by atoms with Crippen LogP contribution in [0.1, 0.15) is 5.76 Å². The minimum atomic E-state index is -0.573. The Morgan fingerprint density at radius 1 is 1.33 bits per heavy atom. The van der Waals surface area contributed by atoms with Crippen LogP contribution < -0.4 is 10.6 Å². The Morgan fingerprint density at radius 3 is 2.71 bits per heavy atom. The third-order valence-electron chi connectivity index (χ3n) is 2.57. The van der Waals surface area contributed by atoms with Crippen molar-refractivity contribution >= 4 is 11.6 Å². The minimum Gasteiger partial charge on any atom is -0.467 e. The molecular formula is C15H12FN3O2. The van der Waals surface area contributed by atoms with Crippen molar-refractivity contribution in [2.45, 2.75) is 6.54 Å². The smallest absolute Gasteiger partial charge is 0.267 e. The Labute approximate surface area is 120 Å². The molecule has 0 aliphatic heterocycles. The summed E-state index contributed by atoms with van der Waals surface area (Å²) in [5, 5.41) is 14.3. The molecule has 2 N–H and O–H groups in total. The standard InChI is InChI=1S/C15H12FN3O2/c16-12-3-5-13(6-4-12)19-15(20)11(8-17)9-18-10-14-2-1-7-21-14/h1-7,9,18H,10H2,(H,19,20)/b11-9-. The molecule has 0 spiro atoms. The van der Waals surface area contributed by atoms with E-state index in [0.717, 1.165) is 0 Å². The lowest BCUT2D eigenvalue weighted by atomic mass is 10.2. The molecule has 1 heterocycles. The molecule has 1 aromatic carbocycles. The van der Waals surface area contributed by atoms with Crippen LogP contribution in [0.2, 0.25) is 0 Å². The quantitative estimate of drug-likeness (QED) is 0.653.